The lowest BCUT2D eigenvalue weighted by Gasteiger charge is -2.26. The summed E-state index contributed by atoms with van der Waals surface area (Å²) in [4.78, 5) is 38.3. The molecular weight excluding hydrogens is 520 g/mol. The SMILES string of the molecule is COc1cc(/C=N\NC(=O)C(=O)N[C@@H](C)c2ccccc2)cc(Br)c1OCC(=O)N1CCOCC1. The molecule has 0 bridgehead atoms. The summed E-state index contributed by atoms with van der Waals surface area (Å²) in [7, 11) is 1.47. The summed E-state index contributed by atoms with van der Waals surface area (Å²) in [6.45, 7) is 3.73. The van der Waals surface area contributed by atoms with E-state index in [1.165, 1.54) is 13.3 Å². The summed E-state index contributed by atoms with van der Waals surface area (Å²) in [5.41, 5.74) is 3.65. The Bertz CT molecular complexity index is 1070. The molecule has 0 radical (unpaired) electrons. The summed E-state index contributed by atoms with van der Waals surface area (Å²) in [5.74, 6) is -1.10. The first-order valence-electron chi connectivity index (χ1n) is 10.9. The Hall–Kier alpha value is -3.44. The van der Waals surface area contributed by atoms with Crippen molar-refractivity contribution in [1.29, 1.82) is 0 Å². The summed E-state index contributed by atoms with van der Waals surface area (Å²) >= 11 is 3.42. The van der Waals surface area contributed by atoms with Crippen molar-refractivity contribution in [2.24, 2.45) is 5.10 Å². The molecule has 0 aliphatic carbocycles. The van der Waals surface area contributed by atoms with Gasteiger partial charge in [0.15, 0.2) is 18.1 Å². The molecule has 10 nitrogen and oxygen atoms in total. The minimum atomic E-state index is -0.892. The highest BCUT2D eigenvalue weighted by atomic mass is 79.9. The Balaban J connectivity index is 1.56. The smallest absolute Gasteiger partial charge is 0.329 e. The summed E-state index contributed by atoms with van der Waals surface area (Å²) < 4.78 is 16.9. The zero-order chi connectivity index (χ0) is 25.2. The van der Waals surface area contributed by atoms with Gasteiger partial charge in [0.1, 0.15) is 0 Å². The third kappa shape index (κ3) is 7.52. The lowest BCUT2D eigenvalue weighted by Crippen LogP contribution is -2.43. The quantitative estimate of drug-likeness (QED) is 0.297. The molecule has 1 aliphatic heterocycles. The van der Waals surface area contributed by atoms with Crippen molar-refractivity contribution in [3.8, 4) is 11.5 Å². The van der Waals surface area contributed by atoms with Crippen LogP contribution in [-0.2, 0) is 19.1 Å². The molecule has 2 aromatic carbocycles. The molecule has 11 heteroatoms. The summed E-state index contributed by atoms with van der Waals surface area (Å²) in [6.07, 6.45) is 1.36. The van der Waals surface area contributed by atoms with Crippen LogP contribution in [0.25, 0.3) is 0 Å². The molecule has 1 aliphatic rings. The number of ether oxygens (including phenoxy) is 3. The number of benzene rings is 2. The number of amides is 3. The van der Waals surface area contributed by atoms with Crippen molar-refractivity contribution in [3.63, 3.8) is 0 Å². The van der Waals surface area contributed by atoms with E-state index >= 15 is 0 Å². The van der Waals surface area contributed by atoms with Crippen LogP contribution in [0.2, 0.25) is 0 Å². The lowest BCUT2D eigenvalue weighted by atomic mass is 10.1. The summed E-state index contributed by atoms with van der Waals surface area (Å²) in [5, 5.41) is 6.47. The molecule has 186 valence electrons. The number of morpholine rings is 1. The largest absolute Gasteiger partial charge is 0.493 e. The minimum absolute atomic E-state index is 0.143. The van der Waals surface area contributed by atoms with E-state index < -0.39 is 11.8 Å². The molecular formula is C24H27BrN4O6. The molecule has 1 saturated heterocycles. The van der Waals surface area contributed by atoms with Crippen LogP contribution >= 0.6 is 15.9 Å². The second kappa shape index (κ2) is 12.9. The number of hydrogen-bond acceptors (Lipinski definition) is 7. The maximum atomic E-state index is 12.4. The molecule has 1 fully saturated rings. The van der Waals surface area contributed by atoms with Gasteiger partial charge in [-0.2, -0.15) is 5.10 Å². The third-order valence-corrected chi connectivity index (χ3v) is 5.78. The molecule has 35 heavy (non-hydrogen) atoms. The van der Waals surface area contributed by atoms with E-state index in [4.69, 9.17) is 14.2 Å². The van der Waals surface area contributed by atoms with Gasteiger partial charge in [0.2, 0.25) is 0 Å². The number of carbonyl (C=O) groups excluding carboxylic acids is 3. The van der Waals surface area contributed by atoms with Crippen molar-refractivity contribution in [1.82, 2.24) is 15.6 Å². The van der Waals surface area contributed by atoms with Gasteiger partial charge in [0, 0.05) is 13.1 Å². The molecule has 2 N–H and O–H groups in total. The van der Waals surface area contributed by atoms with Crippen LogP contribution in [0.4, 0.5) is 0 Å². The Morgan fingerprint density at radius 2 is 1.89 bits per heavy atom. The zero-order valence-corrected chi connectivity index (χ0v) is 21.0. The highest BCUT2D eigenvalue weighted by Crippen LogP contribution is 2.36. The average molecular weight is 547 g/mol. The van der Waals surface area contributed by atoms with Crippen molar-refractivity contribution in [2.75, 3.05) is 40.0 Å². The number of nitrogens with one attached hydrogen (secondary N) is 2. The van der Waals surface area contributed by atoms with E-state index in [9.17, 15) is 14.4 Å². The van der Waals surface area contributed by atoms with E-state index in [2.05, 4.69) is 31.8 Å². The van der Waals surface area contributed by atoms with Gasteiger partial charge in [-0.15, -0.1) is 0 Å². The molecule has 1 atom stereocenters. The first-order chi connectivity index (χ1) is 16.9. The van der Waals surface area contributed by atoms with Gasteiger partial charge < -0.3 is 24.4 Å². The van der Waals surface area contributed by atoms with Gasteiger partial charge >= 0.3 is 11.8 Å². The monoisotopic (exact) mass is 546 g/mol. The number of methoxy groups -OCH3 is 1. The fraction of sp³-hybridized carbons (Fsp3) is 0.333. The van der Waals surface area contributed by atoms with Gasteiger partial charge in [0.25, 0.3) is 5.91 Å². The standard InChI is InChI=1S/C24H27BrN4O6/c1-16(18-6-4-3-5-7-18)27-23(31)24(32)28-26-14-17-12-19(25)22(20(13-17)33-2)35-15-21(30)29-8-10-34-11-9-29/h3-7,12-14,16H,8-11,15H2,1-2H3,(H,27,31)(H,28,32)/b26-14-/t16-/m0/s1. The zero-order valence-electron chi connectivity index (χ0n) is 19.5. The first kappa shape index (κ1) is 26.2. The summed E-state index contributed by atoms with van der Waals surface area (Å²) in [6, 6.07) is 12.3. The van der Waals surface area contributed by atoms with E-state index in [1.54, 1.807) is 24.0 Å². The van der Waals surface area contributed by atoms with Crippen LogP contribution < -0.4 is 20.2 Å². The maximum absolute atomic E-state index is 12.4. The first-order valence-corrected chi connectivity index (χ1v) is 11.7. The molecule has 3 amide bonds. The van der Waals surface area contributed by atoms with Crippen molar-refractivity contribution < 1.29 is 28.6 Å². The maximum Gasteiger partial charge on any atom is 0.329 e. The van der Waals surface area contributed by atoms with Crippen LogP contribution in [0.1, 0.15) is 24.1 Å². The van der Waals surface area contributed by atoms with E-state index in [-0.39, 0.29) is 18.6 Å². The van der Waals surface area contributed by atoms with Gasteiger partial charge in [-0.05, 0) is 46.1 Å². The van der Waals surface area contributed by atoms with E-state index in [1.807, 2.05) is 30.3 Å². The van der Waals surface area contributed by atoms with Gasteiger partial charge in [-0.1, -0.05) is 30.3 Å². The number of nitrogens with zero attached hydrogens (tertiary/aromatic N) is 2. The Labute approximate surface area is 211 Å². The normalized spacial score (nSPS) is 14.3. The Morgan fingerprint density at radius 1 is 1.17 bits per heavy atom. The highest BCUT2D eigenvalue weighted by molar-refractivity contribution is 9.10. The average Bonchev–Trinajstić information content (AvgIpc) is 2.88. The molecule has 0 saturated carbocycles. The van der Waals surface area contributed by atoms with Crippen molar-refractivity contribution >= 4 is 39.9 Å². The molecule has 3 rings (SSSR count). The van der Waals surface area contributed by atoms with Gasteiger partial charge in [0.05, 0.1) is 37.1 Å². The molecule has 1 heterocycles. The Kier molecular flexibility index (Phi) is 9.62. The second-order valence-corrected chi connectivity index (χ2v) is 8.48. The fourth-order valence-electron chi connectivity index (χ4n) is 3.30. The predicted molar refractivity (Wildman–Crippen MR) is 132 cm³/mol. The van der Waals surface area contributed by atoms with E-state index in [0.29, 0.717) is 47.8 Å². The molecule has 0 spiro atoms. The lowest BCUT2D eigenvalue weighted by molar-refractivity contribution is -0.139. The number of halogens is 1. The second-order valence-electron chi connectivity index (χ2n) is 7.62. The number of carbonyl (C=O) groups is 3. The molecule has 2 aromatic rings. The molecule has 0 aromatic heterocycles. The third-order valence-electron chi connectivity index (χ3n) is 5.19. The van der Waals surface area contributed by atoms with Crippen molar-refractivity contribution in [2.45, 2.75) is 13.0 Å². The topological polar surface area (TPSA) is 119 Å². The minimum Gasteiger partial charge on any atom is -0.493 e. The number of hydrazone groups is 1. The fourth-order valence-corrected chi connectivity index (χ4v) is 3.87. The predicted octanol–water partition coefficient (Wildman–Crippen LogP) is 2.02. The van der Waals surface area contributed by atoms with Crippen molar-refractivity contribution in [3.05, 3.63) is 58.1 Å². The number of hydrogen-bond donors (Lipinski definition) is 2. The van der Waals surface area contributed by atoms with Crippen LogP contribution in [0.5, 0.6) is 11.5 Å². The Morgan fingerprint density at radius 3 is 2.57 bits per heavy atom. The number of rotatable bonds is 8. The van der Waals surface area contributed by atoms with Gasteiger partial charge in [-0.3, -0.25) is 14.4 Å². The van der Waals surface area contributed by atoms with Crippen LogP contribution in [0, 0.1) is 0 Å². The van der Waals surface area contributed by atoms with Gasteiger partial charge in [-0.25, -0.2) is 5.43 Å². The van der Waals surface area contributed by atoms with Crippen LogP contribution in [0.15, 0.2) is 52.0 Å². The van der Waals surface area contributed by atoms with Crippen LogP contribution in [-0.4, -0.2) is 68.9 Å². The van der Waals surface area contributed by atoms with Crippen LogP contribution in [0.3, 0.4) is 0 Å². The van der Waals surface area contributed by atoms with E-state index in [0.717, 1.165) is 5.56 Å². The highest BCUT2D eigenvalue weighted by Gasteiger charge is 2.20. The molecule has 0 unspecified atom stereocenters.